The van der Waals surface area contributed by atoms with Crippen LogP contribution in [0.5, 0.6) is 0 Å². The van der Waals surface area contributed by atoms with Crippen LogP contribution in [0.1, 0.15) is 25.7 Å². The molecule has 1 saturated carbocycles. The van der Waals surface area contributed by atoms with Crippen LogP contribution in [-0.4, -0.2) is 17.1 Å². The normalized spacial score (nSPS) is 30.6. The third kappa shape index (κ3) is 3.23. The first-order valence-electron chi connectivity index (χ1n) is 3.68. The third-order valence-corrected chi connectivity index (χ3v) is 2.12. The molecule has 0 radical (unpaired) electrons. The Morgan fingerprint density at radius 2 is 1.73 bits per heavy atom. The van der Waals surface area contributed by atoms with Crippen molar-refractivity contribution in [1.82, 2.24) is 0 Å². The molecule has 0 atom stereocenters. The molecular formula is C7H13FeNO2. The fourth-order valence-electron chi connectivity index (χ4n) is 1.37. The van der Waals surface area contributed by atoms with E-state index in [4.69, 9.17) is 10.8 Å². The van der Waals surface area contributed by atoms with Crippen LogP contribution in [0.2, 0.25) is 0 Å². The molecule has 0 aliphatic heterocycles. The molecule has 1 rings (SSSR count). The molecule has 1 aliphatic rings. The van der Waals surface area contributed by atoms with Gasteiger partial charge >= 0.3 is 5.97 Å². The van der Waals surface area contributed by atoms with Crippen molar-refractivity contribution in [3.05, 3.63) is 0 Å². The van der Waals surface area contributed by atoms with E-state index < -0.39 is 5.97 Å². The Hall–Kier alpha value is -0.0505. The Kier molecular flexibility index (Phi) is 4.73. The second-order valence-electron chi connectivity index (χ2n) is 2.95. The van der Waals surface area contributed by atoms with Gasteiger partial charge in [-0.1, -0.05) is 0 Å². The summed E-state index contributed by atoms with van der Waals surface area (Å²) in [5.74, 6) is -0.785. The minimum absolute atomic E-state index is 0. The van der Waals surface area contributed by atoms with Gasteiger partial charge in [-0.3, -0.25) is 4.79 Å². The zero-order valence-corrected chi connectivity index (χ0v) is 7.37. The summed E-state index contributed by atoms with van der Waals surface area (Å²) in [5, 5.41) is 8.58. The maximum Gasteiger partial charge on any atom is 0.306 e. The van der Waals surface area contributed by atoms with Gasteiger partial charge in [0, 0.05) is 23.1 Å². The number of nitrogens with two attached hydrogens (primary N) is 1. The van der Waals surface area contributed by atoms with Gasteiger partial charge in [0.25, 0.3) is 0 Å². The van der Waals surface area contributed by atoms with Gasteiger partial charge in [0.2, 0.25) is 0 Å². The van der Waals surface area contributed by atoms with E-state index in [-0.39, 0.29) is 29.0 Å². The molecule has 1 aliphatic carbocycles. The minimum Gasteiger partial charge on any atom is -0.481 e. The van der Waals surface area contributed by atoms with E-state index in [0.717, 1.165) is 25.7 Å². The zero-order valence-electron chi connectivity index (χ0n) is 6.27. The average molecular weight is 199 g/mol. The van der Waals surface area contributed by atoms with Gasteiger partial charge in [0.05, 0.1) is 5.92 Å². The van der Waals surface area contributed by atoms with Crippen LogP contribution in [0, 0.1) is 5.92 Å². The summed E-state index contributed by atoms with van der Waals surface area (Å²) < 4.78 is 0. The summed E-state index contributed by atoms with van der Waals surface area (Å²) in [4.78, 5) is 10.4. The van der Waals surface area contributed by atoms with E-state index in [2.05, 4.69) is 0 Å². The van der Waals surface area contributed by atoms with Crippen LogP contribution in [0.4, 0.5) is 0 Å². The van der Waals surface area contributed by atoms with Crippen molar-refractivity contribution in [3.63, 3.8) is 0 Å². The number of carboxylic acid groups (broad SMARTS) is 1. The molecule has 4 heteroatoms. The zero-order chi connectivity index (χ0) is 7.56. The molecule has 0 unspecified atom stereocenters. The third-order valence-electron chi connectivity index (χ3n) is 2.12. The first-order chi connectivity index (χ1) is 4.70. The van der Waals surface area contributed by atoms with E-state index in [9.17, 15) is 4.79 Å². The van der Waals surface area contributed by atoms with Crippen LogP contribution in [-0.2, 0) is 21.9 Å². The maximum absolute atomic E-state index is 10.4. The molecule has 0 aromatic rings. The van der Waals surface area contributed by atoms with Crippen LogP contribution in [0.15, 0.2) is 0 Å². The summed E-state index contributed by atoms with van der Waals surface area (Å²) >= 11 is 0. The maximum atomic E-state index is 10.4. The van der Waals surface area contributed by atoms with Crippen LogP contribution >= 0.6 is 0 Å². The van der Waals surface area contributed by atoms with Crippen molar-refractivity contribution < 1.29 is 27.0 Å². The van der Waals surface area contributed by atoms with Crippen molar-refractivity contribution in [1.29, 1.82) is 0 Å². The Balaban J connectivity index is 0.000001000. The summed E-state index contributed by atoms with van der Waals surface area (Å²) in [6, 6.07) is 0.246. The molecule has 0 aromatic carbocycles. The van der Waals surface area contributed by atoms with E-state index in [1.165, 1.54) is 0 Å². The van der Waals surface area contributed by atoms with Crippen LogP contribution in [0.3, 0.4) is 0 Å². The largest absolute Gasteiger partial charge is 0.481 e. The summed E-state index contributed by atoms with van der Waals surface area (Å²) in [7, 11) is 0. The van der Waals surface area contributed by atoms with E-state index in [1.54, 1.807) is 0 Å². The number of hydrogen-bond donors (Lipinski definition) is 2. The molecule has 66 valence electrons. The number of hydrogen-bond acceptors (Lipinski definition) is 2. The minimum atomic E-state index is -0.660. The smallest absolute Gasteiger partial charge is 0.306 e. The summed E-state index contributed by atoms with van der Waals surface area (Å²) in [6.45, 7) is 0. The van der Waals surface area contributed by atoms with Gasteiger partial charge in [0.1, 0.15) is 0 Å². The Bertz CT molecular complexity index is 132. The molecule has 0 saturated heterocycles. The van der Waals surface area contributed by atoms with Crippen LogP contribution < -0.4 is 5.73 Å². The predicted molar refractivity (Wildman–Crippen MR) is 37.6 cm³/mol. The topological polar surface area (TPSA) is 63.3 Å². The monoisotopic (exact) mass is 199 g/mol. The van der Waals surface area contributed by atoms with Gasteiger partial charge in [-0.2, -0.15) is 0 Å². The molecule has 1 fully saturated rings. The van der Waals surface area contributed by atoms with Crippen LogP contribution in [0.25, 0.3) is 0 Å². The number of carboxylic acids is 1. The molecular weight excluding hydrogens is 186 g/mol. The Labute approximate surface area is 76.8 Å². The standard InChI is InChI=1S/C7H13NO2.Fe/c8-6-3-1-5(2-4-6)7(9)10;/h5-6H,1-4,8H2,(H,9,10);. The number of carbonyl (C=O) groups is 1. The molecule has 3 N–H and O–H groups in total. The van der Waals surface area contributed by atoms with E-state index in [1.807, 2.05) is 0 Å². The first-order valence-corrected chi connectivity index (χ1v) is 3.68. The molecule has 0 aromatic heterocycles. The van der Waals surface area contributed by atoms with Crippen molar-refractivity contribution in [2.45, 2.75) is 31.7 Å². The second kappa shape index (κ2) is 4.75. The SMILES string of the molecule is NC1CCC(C(=O)O)CC1.[Fe]. The Morgan fingerprint density at radius 3 is 2.09 bits per heavy atom. The first kappa shape index (κ1) is 10.9. The average Bonchev–Trinajstić information content (AvgIpc) is 1.88. The molecule has 0 bridgehead atoms. The number of aliphatic carboxylic acids is 1. The molecule has 11 heavy (non-hydrogen) atoms. The van der Waals surface area contributed by atoms with E-state index >= 15 is 0 Å². The number of rotatable bonds is 1. The van der Waals surface area contributed by atoms with Crippen molar-refractivity contribution >= 4 is 5.97 Å². The predicted octanol–water partition coefficient (Wildman–Crippen LogP) is 0.586. The molecule has 0 amide bonds. The van der Waals surface area contributed by atoms with Gasteiger partial charge in [0.15, 0.2) is 0 Å². The summed E-state index contributed by atoms with van der Waals surface area (Å²) in [6.07, 6.45) is 3.26. The van der Waals surface area contributed by atoms with Gasteiger partial charge < -0.3 is 10.8 Å². The molecule has 0 spiro atoms. The quantitative estimate of drug-likeness (QED) is 0.607. The Morgan fingerprint density at radius 1 is 1.27 bits per heavy atom. The molecule has 3 nitrogen and oxygen atoms in total. The fraction of sp³-hybridized carbons (Fsp3) is 0.857. The van der Waals surface area contributed by atoms with Crippen molar-refractivity contribution in [2.24, 2.45) is 11.7 Å². The van der Waals surface area contributed by atoms with Crippen molar-refractivity contribution in [3.8, 4) is 0 Å². The summed E-state index contributed by atoms with van der Waals surface area (Å²) in [5.41, 5.74) is 5.60. The van der Waals surface area contributed by atoms with E-state index in [0.29, 0.717) is 0 Å². The molecule has 0 heterocycles. The van der Waals surface area contributed by atoms with Gasteiger partial charge in [-0.05, 0) is 25.7 Å². The second-order valence-corrected chi connectivity index (χ2v) is 2.95. The van der Waals surface area contributed by atoms with Crippen molar-refractivity contribution in [2.75, 3.05) is 0 Å². The van der Waals surface area contributed by atoms with Gasteiger partial charge in [-0.15, -0.1) is 0 Å². The van der Waals surface area contributed by atoms with Gasteiger partial charge in [-0.25, -0.2) is 0 Å². The fourth-order valence-corrected chi connectivity index (χ4v) is 1.37.